The van der Waals surface area contributed by atoms with Crippen molar-refractivity contribution >= 4 is 22.3 Å². The summed E-state index contributed by atoms with van der Waals surface area (Å²) < 4.78 is 0. The maximum atomic E-state index is 11.2. The van der Waals surface area contributed by atoms with Crippen molar-refractivity contribution in [3.8, 4) is 0 Å². The Labute approximate surface area is 128 Å². The first kappa shape index (κ1) is 14.7. The third kappa shape index (κ3) is 2.50. The van der Waals surface area contributed by atoms with Crippen molar-refractivity contribution in [1.29, 1.82) is 0 Å². The number of nitrogens with zero attached hydrogens (tertiary/aromatic N) is 3. The first-order valence-corrected chi connectivity index (χ1v) is 7.54. The molecule has 116 valence electrons. The Kier molecular flexibility index (Phi) is 3.94. The summed E-state index contributed by atoms with van der Waals surface area (Å²) in [7, 11) is 0. The quantitative estimate of drug-likeness (QED) is 0.678. The molecule has 0 saturated heterocycles. The molecule has 1 fully saturated rings. The van der Waals surface area contributed by atoms with Gasteiger partial charge in [-0.05, 0) is 32.3 Å². The molecular formula is C16H19N3O3. The molecule has 1 aliphatic carbocycles. The van der Waals surface area contributed by atoms with Gasteiger partial charge in [-0.2, -0.15) is 0 Å². The van der Waals surface area contributed by atoms with Gasteiger partial charge in [0, 0.05) is 35.4 Å². The van der Waals surface area contributed by atoms with Crippen LogP contribution in [0.15, 0.2) is 24.3 Å². The lowest BCUT2D eigenvalue weighted by atomic mass is 9.90. The number of aryl methyl sites for hydroxylation is 1. The molecule has 1 N–H and O–H groups in total. The summed E-state index contributed by atoms with van der Waals surface area (Å²) in [6, 6.07) is 7.40. The van der Waals surface area contributed by atoms with Crippen LogP contribution in [-0.2, 0) is 0 Å². The molecular weight excluding hydrogens is 282 g/mol. The van der Waals surface area contributed by atoms with Crippen LogP contribution in [0, 0.1) is 17.0 Å². The highest BCUT2D eigenvalue weighted by atomic mass is 16.6. The molecule has 6 heteroatoms. The van der Waals surface area contributed by atoms with Crippen molar-refractivity contribution in [1.82, 2.24) is 4.98 Å². The highest BCUT2D eigenvalue weighted by Crippen LogP contribution is 2.36. The lowest BCUT2D eigenvalue weighted by molar-refractivity contribution is -0.383. The first-order chi connectivity index (χ1) is 10.6. The number of nitro groups is 1. The van der Waals surface area contributed by atoms with Crippen LogP contribution in [0.5, 0.6) is 0 Å². The summed E-state index contributed by atoms with van der Waals surface area (Å²) in [5, 5.41) is 21.4. The van der Waals surface area contributed by atoms with Gasteiger partial charge in [0.15, 0.2) is 5.52 Å². The van der Waals surface area contributed by atoms with Crippen LogP contribution in [-0.4, -0.2) is 34.2 Å². The van der Waals surface area contributed by atoms with E-state index in [1.807, 2.05) is 19.1 Å². The van der Waals surface area contributed by atoms with E-state index >= 15 is 0 Å². The van der Waals surface area contributed by atoms with Gasteiger partial charge in [-0.15, -0.1) is 0 Å². The number of aromatic nitrogens is 1. The van der Waals surface area contributed by atoms with Gasteiger partial charge in [-0.3, -0.25) is 10.1 Å². The minimum Gasteiger partial charge on any atom is -0.395 e. The SMILES string of the molecule is Cc1cc(N(CCO)C2CCC2)c2cccc([N+](=O)[O-])c2n1. The Morgan fingerprint density at radius 2 is 2.23 bits per heavy atom. The number of benzene rings is 1. The summed E-state index contributed by atoms with van der Waals surface area (Å²) in [5.74, 6) is 0. The maximum Gasteiger partial charge on any atom is 0.295 e. The Morgan fingerprint density at radius 3 is 2.82 bits per heavy atom. The van der Waals surface area contributed by atoms with Gasteiger partial charge >= 0.3 is 0 Å². The van der Waals surface area contributed by atoms with Crippen LogP contribution >= 0.6 is 0 Å². The molecule has 2 aromatic rings. The average Bonchev–Trinajstić information content (AvgIpc) is 2.43. The fourth-order valence-electron chi connectivity index (χ4n) is 3.03. The van der Waals surface area contributed by atoms with Crippen molar-refractivity contribution in [2.24, 2.45) is 0 Å². The Bertz CT molecular complexity index is 713. The highest BCUT2D eigenvalue weighted by Gasteiger charge is 2.27. The van der Waals surface area contributed by atoms with E-state index in [1.165, 1.54) is 12.5 Å². The first-order valence-electron chi connectivity index (χ1n) is 7.54. The number of hydrogen-bond donors (Lipinski definition) is 1. The monoisotopic (exact) mass is 301 g/mol. The minimum absolute atomic E-state index is 0.0278. The molecule has 0 radical (unpaired) electrons. The van der Waals surface area contributed by atoms with E-state index in [9.17, 15) is 15.2 Å². The summed E-state index contributed by atoms with van der Waals surface area (Å²) in [4.78, 5) is 17.4. The minimum atomic E-state index is -0.391. The zero-order valence-corrected chi connectivity index (χ0v) is 12.5. The number of fused-ring (bicyclic) bond motifs is 1. The van der Waals surface area contributed by atoms with Gasteiger partial charge in [-0.25, -0.2) is 4.98 Å². The number of aliphatic hydroxyl groups is 1. The summed E-state index contributed by atoms with van der Waals surface area (Å²) in [6.07, 6.45) is 3.38. The van der Waals surface area contributed by atoms with Crippen molar-refractivity contribution in [3.05, 3.63) is 40.1 Å². The Balaban J connectivity index is 2.19. The number of anilines is 1. The van der Waals surface area contributed by atoms with E-state index in [2.05, 4.69) is 9.88 Å². The van der Waals surface area contributed by atoms with E-state index in [0.717, 1.165) is 29.6 Å². The van der Waals surface area contributed by atoms with Crippen LogP contribution in [0.2, 0.25) is 0 Å². The standard InChI is InChI=1S/C16H19N3O3/c1-11-10-15(18(8-9-20)12-4-2-5-12)13-6-3-7-14(19(21)22)16(13)17-11/h3,6-7,10,12,20H,2,4-5,8-9H2,1H3. The van der Waals surface area contributed by atoms with E-state index < -0.39 is 4.92 Å². The molecule has 6 nitrogen and oxygen atoms in total. The topological polar surface area (TPSA) is 79.5 Å². The Morgan fingerprint density at radius 1 is 1.45 bits per heavy atom. The molecule has 1 aromatic heterocycles. The number of hydrogen-bond acceptors (Lipinski definition) is 5. The summed E-state index contributed by atoms with van der Waals surface area (Å²) >= 11 is 0. The van der Waals surface area contributed by atoms with Gasteiger partial charge in [0.2, 0.25) is 0 Å². The summed E-state index contributed by atoms with van der Waals surface area (Å²) in [6.45, 7) is 2.44. The van der Waals surface area contributed by atoms with Crippen LogP contribution in [0.1, 0.15) is 25.0 Å². The fourth-order valence-corrected chi connectivity index (χ4v) is 3.03. The molecule has 1 saturated carbocycles. The van der Waals surface area contributed by atoms with Crippen molar-refractivity contribution < 1.29 is 10.0 Å². The maximum absolute atomic E-state index is 11.2. The molecule has 0 amide bonds. The molecule has 0 atom stereocenters. The van der Waals surface area contributed by atoms with Crippen molar-refractivity contribution in [2.45, 2.75) is 32.2 Å². The Hall–Kier alpha value is -2.21. The van der Waals surface area contributed by atoms with Gasteiger partial charge < -0.3 is 10.0 Å². The number of aliphatic hydroxyl groups excluding tert-OH is 1. The van der Waals surface area contributed by atoms with Gasteiger partial charge in [0.1, 0.15) is 0 Å². The highest BCUT2D eigenvalue weighted by molar-refractivity contribution is 5.97. The fraction of sp³-hybridized carbons (Fsp3) is 0.438. The lowest BCUT2D eigenvalue weighted by Crippen LogP contribution is -2.42. The van der Waals surface area contributed by atoms with E-state index in [4.69, 9.17) is 0 Å². The number of para-hydroxylation sites is 1. The largest absolute Gasteiger partial charge is 0.395 e. The van der Waals surface area contributed by atoms with Crippen molar-refractivity contribution in [3.63, 3.8) is 0 Å². The third-order valence-electron chi connectivity index (χ3n) is 4.29. The summed E-state index contributed by atoms with van der Waals surface area (Å²) in [5.41, 5.74) is 2.13. The molecule has 0 spiro atoms. The number of nitro benzene ring substituents is 1. The number of non-ortho nitro benzene ring substituents is 1. The average molecular weight is 301 g/mol. The van der Waals surface area contributed by atoms with Crippen LogP contribution in [0.3, 0.4) is 0 Å². The molecule has 22 heavy (non-hydrogen) atoms. The third-order valence-corrected chi connectivity index (χ3v) is 4.29. The molecule has 3 rings (SSSR count). The van der Waals surface area contributed by atoms with Crippen molar-refractivity contribution in [2.75, 3.05) is 18.1 Å². The second-order valence-electron chi connectivity index (χ2n) is 5.71. The second-order valence-corrected chi connectivity index (χ2v) is 5.71. The van der Waals surface area contributed by atoms with Gasteiger partial charge in [0.25, 0.3) is 5.69 Å². The molecule has 0 unspecified atom stereocenters. The number of rotatable bonds is 5. The van der Waals surface area contributed by atoms with Crippen LogP contribution in [0.25, 0.3) is 10.9 Å². The van der Waals surface area contributed by atoms with Crippen LogP contribution in [0.4, 0.5) is 11.4 Å². The van der Waals surface area contributed by atoms with E-state index in [1.54, 1.807) is 6.07 Å². The van der Waals surface area contributed by atoms with Gasteiger partial charge in [0.05, 0.1) is 11.5 Å². The van der Waals surface area contributed by atoms with Gasteiger partial charge in [-0.1, -0.05) is 12.1 Å². The molecule has 1 aromatic carbocycles. The predicted molar refractivity (Wildman–Crippen MR) is 85.2 cm³/mol. The zero-order chi connectivity index (χ0) is 15.7. The normalized spacial score (nSPS) is 14.8. The molecule has 0 bridgehead atoms. The van der Waals surface area contributed by atoms with E-state index in [-0.39, 0.29) is 12.3 Å². The molecule has 1 heterocycles. The molecule has 1 aliphatic rings. The number of pyridine rings is 1. The molecule has 0 aliphatic heterocycles. The van der Waals surface area contributed by atoms with Crippen LogP contribution < -0.4 is 4.90 Å². The predicted octanol–water partition coefficient (Wildman–Crippen LogP) is 2.80. The zero-order valence-electron chi connectivity index (χ0n) is 12.5. The smallest absolute Gasteiger partial charge is 0.295 e. The van der Waals surface area contributed by atoms with E-state index in [0.29, 0.717) is 18.1 Å². The lowest BCUT2D eigenvalue weighted by Gasteiger charge is -2.39. The second kappa shape index (κ2) is 5.88.